The highest BCUT2D eigenvalue weighted by atomic mass is 79.9. The van der Waals surface area contributed by atoms with E-state index >= 15 is 0 Å². The van der Waals surface area contributed by atoms with Crippen LogP contribution in [0.3, 0.4) is 0 Å². The molecule has 4 heteroatoms. The third kappa shape index (κ3) is 3.32. The van der Waals surface area contributed by atoms with E-state index in [-0.39, 0.29) is 5.54 Å². The molecule has 1 N–H and O–H groups in total. The van der Waals surface area contributed by atoms with Crippen LogP contribution >= 0.6 is 27.5 Å². The monoisotopic (exact) mass is 358 g/mol. The average molecular weight is 360 g/mol. The first kappa shape index (κ1) is 16.1. The Morgan fingerprint density at radius 2 is 2.20 bits per heavy atom. The summed E-state index contributed by atoms with van der Waals surface area (Å²) in [6.07, 6.45) is 1.12. The van der Waals surface area contributed by atoms with Crippen LogP contribution in [-0.4, -0.2) is 24.7 Å². The number of hydrogen-bond acceptors (Lipinski definition) is 2. The first-order valence-electron chi connectivity index (χ1n) is 7.33. The van der Waals surface area contributed by atoms with Gasteiger partial charge in [-0.25, -0.2) is 0 Å². The van der Waals surface area contributed by atoms with E-state index in [9.17, 15) is 0 Å². The van der Waals surface area contributed by atoms with Crippen molar-refractivity contribution in [3.63, 3.8) is 0 Å². The van der Waals surface area contributed by atoms with Crippen LogP contribution in [0.4, 0.5) is 5.69 Å². The zero-order valence-electron chi connectivity index (χ0n) is 12.7. The van der Waals surface area contributed by atoms with Gasteiger partial charge in [-0.15, -0.1) is 0 Å². The van der Waals surface area contributed by atoms with E-state index in [2.05, 4.69) is 59.9 Å². The quantitative estimate of drug-likeness (QED) is 0.841. The molecule has 0 saturated carbocycles. The maximum Gasteiger partial charge on any atom is 0.0529 e. The van der Waals surface area contributed by atoms with Crippen LogP contribution in [0.1, 0.15) is 34.1 Å². The molecule has 0 amide bonds. The zero-order chi connectivity index (χ0) is 14.9. The van der Waals surface area contributed by atoms with E-state index in [1.165, 1.54) is 5.69 Å². The fourth-order valence-corrected chi connectivity index (χ4v) is 3.45. The van der Waals surface area contributed by atoms with Crippen LogP contribution in [-0.2, 0) is 0 Å². The van der Waals surface area contributed by atoms with Crippen LogP contribution in [0.2, 0.25) is 5.02 Å². The molecule has 0 bridgehead atoms. The molecule has 0 spiro atoms. The highest BCUT2D eigenvalue weighted by molar-refractivity contribution is 9.10. The Kier molecular flexibility index (Phi) is 5.04. The second kappa shape index (κ2) is 6.25. The van der Waals surface area contributed by atoms with Crippen LogP contribution in [0, 0.1) is 5.92 Å². The number of benzene rings is 1. The fourth-order valence-electron chi connectivity index (χ4n) is 2.81. The van der Waals surface area contributed by atoms with Crippen molar-refractivity contribution in [1.29, 1.82) is 0 Å². The second-order valence-electron chi connectivity index (χ2n) is 6.33. The molecule has 2 rings (SSSR count). The van der Waals surface area contributed by atoms with Gasteiger partial charge < -0.3 is 10.2 Å². The smallest absolute Gasteiger partial charge is 0.0529 e. The lowest BCUT2D eigenvalue weighted by Crippen LogP contribution is -2.64. The molecule has 1 aliphatic rings. The summed E-state index contributed by atoms with van der Waals surface area (Å²) in [7, 11) is 0. The van der Waals surface area contributed by atoms with Crippen molar-refractivity contribution in [2.75, 3.05) is 18.0 Å². The molecule has 2 unspecified atom stereocenters. The standard InChI is InChI=1S/C16H24BrClN2/c1-5-16(4)10-20(15(9-19-16)11(2)3)14-8-12(18)6-7-13(14)17/h6-8,11,15,19H,5,9-10H2,1-4H3. The van der Waals surface area contributed by atoms with Crippen LogP contribution in [0.5, 0.6) is 0 Å². The lowest BCUT2D eigenvalue weighted by atomic mass is 9.89. The van der Waals surface area contributed by atoms with E-state index in [1.807, 2.05) is 12.1 Å². The van der Waals surface area contributed by atoms with Crippen molar-refractivity contribution in [2.24, 2.45) is 5.92 Å². The molecule has 1 saturated heterocycles. The van der Waals surface area contributed by atoms with Gasteiger partial charge in [-0.2, -0.15) is 0 Å². The molecule has 0 aliphatic carbocycles. The summed E-state index contributed by atoms with van der Waals surface area (Å²) in [6.45, 7) is 11.1. The van der Waals surface area contributed by atoms with Gasteiger partial charge in [-0.05, 0) is 53.4 Å². The van der Waals surface area contributed by atoms with Gasteiger partial charge in [0.1, 0.15) is 0 Å². The predicted molar refractivity (Wildman–Crippen MR) is 91.8 cm³/mol. The Hall–Kier alpha value is -0.250. The molecule has 1 aromatic rings. The van der Waals surface area contributed by atoms with Crippen molar-refractivity contribution in [2.45, 2.75) is 45.7 Å². The zero-order valence-corrected chi connectivity index (χ0v) is 15.1. The number of piperazine rings is 1. The molecular formula is C16H24BrClN2. The normalized spacial score (nSPS) is 27.1. The molecule has 112 valence electrons. The Balaban J connectivity index is 2.39. The van der Waals surface area contributed by atoms with Gasteiger partial charge in [-0.1, -0.05) is 32.4 Å². The largest absolute Gasteiger partial charge is 0.364 e. The minimum Gasteiger partial charge on any atom is -0.364 e. The first-order chi connectivity index (χ1) is 9.36. The Morgan fingerprint density at radius 1 is 1.50 bits per heavy atom. The Labute approximate surface area is 136 Å². The van der Waals surface area contributed by atoms with E-state index in [1.54, 1.807) is 0 Å². The van der Waals surface area contributed by atoms with Crippen molar-refractivity contribution >= 4 is 33.2 Å². The third-order valence-electron chi connectivity index (χ3n) is 4.43. The third-order valence-corrected chi connectivity index (χ3v) is 5.33. The summed E-state index contributed by atoms with van der Waals surface area (Å²) < 4.78 is 1.12. The minimum absolute atomic E-state index is 0.160. The number of nitrogens with zero attached hydrogens (tertiary/aromatic N) is 1. The van der Waals surface area contributed by atoms with Crippen LogP contribution < -0.4 is 10.2 Å². The molecule has 1 aromatic carbocycles. The van der Waals surface area contributed by atoms with Crippen molar-refractivity contribution in [3.8, 4) is 0 Å². The van der Waals surface area contributed by atoms with Crippen molar-refractivity contribution in [3.05, 3.63) is 27.7 Å². The summed E-state index contributed by atoms with van der Waals surface area (Å²) in [5, 5.41) is 4.51. The molecule has 0 aromatic heterocycles. The van der Waals surface area contributed by atoms with Crippen LogP contribution in [0.15, 0.2) is 22.7 Å². The number of hydrogen-bond donors (Lipinski definition) is 1. The number of rotatable bonds is 3. The molecule has 1 heterocycles. The van der Waals surface area contributed by atoms with Gasteiger partial charge in [0.25, 0.3) is 0 Å². The SMILES string of the molecule is CCC1(C)CN(c2cc(Cl)ccc2Br)C(C(C)C)CN1. The van der Waals surface area contributed by atoms with Crippen LogP contribution in [0.25, 0.3) is 0 Å². The van der Waals surface area contributed by atoms with E-state index < -0.39 is 0 Å². The van der Waals surface area contributed by atoms with Crippen molar-refractivity contribution in [1.82, 2.24) is 5.32 Å². The summed E-state index contributed by atoms with van der Waals surface area (Å²) in [5.41, 5.74) is 1.37. The summed E-state index contributed by atoms with van der Waals surface area (Å²) >= 11 is 9.89. The van der Waals surface area contributed by atoms with E-state index in [0.717, 1.165) is 29.0 Å². The summed E-state index contributed by atoms with van der Waals surface area (Å²) in [4.78, 5) is 2.51. The van der Waals surface area contributed by atoms with E-state index in [4.69, 9.17) is 11.6 Å². The second-order valence-corrected chi connectivity index (χ2v) is 7.62. The molecule has 2 atom stereocenters. The van der Waals surface area contributed by atoms with Gasteiger partial charge in [0, 0.05) is 34.2 Å². The highest BCUT2D eigenvalue weighted by Crippen LogP contribution is 2.35. The Morgan fingerprint density at radius 3 is 2.80 bits per heavy atom. The lowest BCUT2D eigenvalue weighted by molar-refractivity contribution is 0.253. The molecule has 1 fully saturated rings. The summed E-state index contributed by atoms with van der Waals surface area (Å²) in [5.74, 6) is 0.592. The average Bonchev–Trinajstić information content (AvgIpc) is 2.41. The first-order valence-corrected chi connectivity index (χ1v) is 8.50. The molecule has 1 aliphatic heterocycles. The topological polar surface area (TPSA) is 15.3 Å². The number of halogens is 2. The summed E-state index contributed by atoms with van der Waals surface area (Å²) in [6, 6.07) is 6.54. The molecule has 0 radical (unpaired) electrons. The Bertz CT molecular complexity index is 478. The number of nitrogens with one attached hydrogen (secondary N) is 1. The van der Waals surface area contributed by atoms with Gasteiger partial charge >= 0.3 is 0 Å². The highest BCUT2D eigenvalue weighted by Gasteiger charge is 2.36. The maximum atomic E-state index is 6.21. The molecular weight excluding hydrogens is 336 g/mol. The van der Waals surface area contributed by atoms with Gasteiger partial charge in [0.05, 0.1) is 5.69 Å². The molecule has 2 nitrogen and oxygen atoms in total. The van der Waals surface area contributed by atoms with E-state index in [0.29, 0.717) is 12.0 Å². The fraction of sp³-hybridized carbons (Fsp3) is 0.625. The number of anilines is 1. The predicted octanol–water partition coefficient (Wildman–Crippen LogP) is 4.71. The van der Waals surface area contributed by atoms with Crippen molar-refractivity contribution < 1.29 is 0 Å². The molecule has 20 heavy (non-hydrogen) atoms. The minimum atomic E-state index is 0.160. The van der Waals surface area contributed by atoms with Gasteiger partial charge in [0.15, 0.2) is 0 Å². The maximum absolute atomic E-state index is 6.21. The van der Waals surface area contributed by atoms with Gasteiger partial charge in [-0.3, -0.25) is 0 Å². The van der Waals surface area contributed by atoms with Gasteiger partial charge in [0.2, 0.25) is 0 Å². The lowest BCUT2D eigenvalue weighted by Gasteiger charge is -2.49.